The highest BCUT2D eigenvalue weighted by Gasteiger charge is 2.17. The van der Waals surface area contributed by atoms with Crippen molar-refractivity contribution < 1.29 is 9.53 Å². The second-order valence-electron chi connectivity index (χ2n) is 8.53. The van der Waals surface area contributed by atoms with Crippen LogP contribution >= 0.6 is 23.1 Å². The first-order valence-corrected chi connectivity index (χ1v) is 13.5. The molecule has 0 unspecified atom stereocenters. The fourth-order valence-electron chi connectivity index (χ4n) is 3.89. The molecule has 0 radical (unpaired) electrons. The Morgan fingerprint density at radius 2 is 1.81 bits per heavy atom. The number of carbonyl (C=O) groups is 1. The maximum absolute atomic E-state index is 13.7. The molecule has 2 aromatic heterocycles. The third-order valence-corrected chi connectivity index (χ3v) is 7.94. The molecule has 0 aliphatic rings. The van der Waals surface area contributed by atoms with Crippen LogP contribution in [-0.4, -0.2) is 28.3 Å². The number of aryl methyl sites for hydroxylation is 1. The molecule has 186 valence electrons. The van der Waals surface area contributed by atoms with Gasteiger partial charge in [-0.25, -0.2) is 4.98 Å². The Bertz CT molecular complexity index is 1610. The minimum atomic E-state index is -0.190. The Morgan fingerprint density at radius 1 is 1.03 bits per heavy atom. The molecule has 0 aliphatic carbocycles. The fourth-order valence-corrected chi connectivity index (χ4v) is 5.74. The lowest BCUT2D eigenvalue weighted by Crippen LogP contribution is -2.24. The van der Waals surface area contributed by atoms with Gasteiger partial charge >= 0.3 is 0 Å². The van der Waals surface area contributed by atoms with Crippen molar-refractivity contribution in [2.45, 2.75) is 18.6 Å². The number of thiophene rings is 1. The predicted molar refractivity (Wildman–Crippen MR) is 152 cm³/mol. The van der Waals surface area contributed by atoms with Gasteiger partial charge in [0.15, 0.2) is 5.16 Å². The highest BCUT2D eigenvalue weighted by Crippen LogP contribution is 2.32. The Hall–Kier alpha value is -3.88. The molecule has 1 amide bonds. The lowest BCUT2D eigenvalue weighted by atomic mass is 10.1. The number of rotatable bonds is 8. The fraction of sp³-hybridized carbons (Fsp3) is 0.138. The number of amides is 1. The number of benzene rings is 3. The van der Waals surface area contributed by atoms with Crippen molar-refractivity contribution in [1.29, 1.82) is 0 Å². The molecule has 0 spiro atoms. The van der Waals surface area contributed by atoms with Crippen LogP contribution in [0.25, 0.3) is 20.7 Å². The molecule has 0 saturated carbocycles. The molecule has 0 aliphatic heterocycles. The van der Waals surface area contributed by atoms with Gasteiger partial charge in [-0.15, -0.1) is 11.3 Å². The zero-order valence-corrected chi connectivity index (χ0v) is 22.1. The van der Waals surface area contributed by atoms with Crippen LogP contribution in [-0.2, 0) is 11.3 Å². The van der Waals surface area contributed by atoms with Crippen LogP contribution in [0.1, 0.15) is 11.1 Å². The number of thioether (sulfide) groups is 1. The monoisotopic (exact) mass is 527 g/mol. The van der Waals surface area contributed by atoms with E-state index in [0.29, 0.717) is 33.4 Å². The third-order valence-electron chi connectivity index (χ3n) is 5.80. The molecular formula is C29H25N3O3S2. The largest absolute Gasteiger partial charge is 0.497 e. The summed E-state index contributed by atoms with van der Waals surface area (Å²) in [5.41, 5.74) is 4.41. The molecule has 37 heavy (non-hydrogen) atoms. The van der Waals surface area contributed by atoms with E-state index in [1.165, 1.54) is 28.7 Å². The summed E-state index contributed by atoms with van der Waals surface area (Å²) in [5.74, 6) is 0.583. The van der Waals surface area contributed by atoms with Gasteiger partial charge in [0.1, 0.15) is 10.4 Å². The lowest BCUT2D eigenvalue weighted by molar-refractivity contribution is -0.113. The van der Waals surface area contributed by atoms with E-state index in [1.807, 2.05) is 55.5 Å². The Morgan fingerprint density at radius 3 is 2.57 bits per heavy atom. The molecule has 0 saturated heterocycles. The maximum atomic E-state index is 13.7. The molecule has 0 bridgehead atoms. The number of anilines is 1. The van der Waals surface area contributed by atoms with Crippen molar-refractivity contribution in [1.82, 2.24) is 9.55 Å². The van der Waals surface area contributed by atoms with Gasteiger partial charge in [0, 0.05) is 16.6 Å². The molecule has 0 atom stereocenters. The molecule has 5 aromatic rings. The SMILES string of the molecule is COc1cccc(NC(=O)CSc2nc3cc(-c4ccc(C)cc4)sc3c(=O)n2Cc2ccccc2)c1. The standard InChI is InChI=1S/C29H25N3O3S2/c1-19-11-13-21(14-12-19)25-16-24-27(37-25)28(34)32(17-20-7-4-3-5-8-20)29(31-24)36-18-26(33)30-22-9-6-10-23(15-22)35-2/h3-16H,17-18H2,1-2H3,(H,30,33). The van der Waals surface area contributed by atoms with Gasteiger partial charge < -0.3 is 10.1 Å². The summed E-state index contributed by atoms with van der Waals surface area (Å²) in [5, 5.41) is 3.39. The van der Waals surface area contributed by atoms with Gasteiger partial charge in [0.25, 0.3) is 5.56 Å². The van der Waals surface area contributed by atoms with E-state index < -0.39 is 0 Å². The van der Waals surface area contributed by atoms with Gasteiger partial charge in [-0.3, -0.25) is 14.2 Å². The minimum Gasteiger partial charge on any atom is -0.497 e. The first-order valence-electron chi connectivity index (χ1n) is 11.7. The van der Waals surface area contributed by atoms with Gasteiger partial charge in [0.05, 0.1) is 24.9 Å². The van der Waals surface area contributed by atoms with Crippen molar-refractivity contribution in [2.75, 3.05) is 18.2 Å². The van der Waals surface area contributed by atoms with Crippen molar-refractivity contribution >= 4 is 44.9 Å². The second-order valence-corrected chi connectivity index (χ2v) is 10.5. The molecule has 1 N–H and O–H groups in total. The Labute approximate surface area is 223 Å². The normalized spacial score (nSPS) is 11.0. The summed E-state index contributed by atoms with van der Waals surface area (Å²) < 4.78 is 7.50. The van der Waals surface area contributed by atoms with Crippen molar-refractivity contribution in [2.24, 2.45) is 0 Å². The number of methoxy groups -OCH3 is 1. The van der Waals surface area contributed by atoms with E-state index in [9.17, 15) is 9.59 Å². The number of fused-ring (bicyclic) bond motifs is 1. The van der Waals surface area contributed by atoms with Gasteiger partial charge in [-0.05, 0) is 36.2 Å². The average Bonchev–Trinajstić information content (AvgIpc) is 3.35. The first kappa shape index (κ1) is 24.8. The van der Waals surface area contributed by atoms with Crippen LogP contribution in [0.5, 0.6) is 5.75 Å². The van der Waals surface area contributed by atoms with E-state index >= 15 is 0 Å². The van der Waals surface area contributed by atoms with Crippen molar-refractivity contribution in [3.63, 3.8) is 0 Å². The second kappa shape index (κ2) is 11.0. The number of aromatic nitrogens is 2. The highest BCUT2D eigenvalue weighted by atomic mass is 32.2. The zero-order valence-electron chi connectivity index (χ0n) is 20.4. The average molecular weight is 528 g/mol. The number of hydrogen-bond acceptors (Lipinski definition) is 6. The highest BCUT2D eigenvalue weighted by molar-refractivity contribution is 7.99. The van der Waals surface area contributed by atoms with Gasteiger partial charge in [0.2, 0.25) is 5.91 Å². The molecular weight excluding hydrogens is 502 g/mol. The van der Waals surface area contributed by atoms with Crippen LogP contribution in [0.2, 0.25) is 0 Å². The smallest absolute Gasteiger partial charge is 0.272 e. The molecule has 8 heteroatoms. The number of ether oxygens (including phenoxy) is 1. The van der Waals surface area contributed by atoms with Crippen LogP contribution in [0.3, 0.4) is 0 Å². The maximum Gasteiger partial charge on any atom is 0.272 e. The summed E-state index contributed by atoms with van der Waals surface area (Å²) in [6, 6.07) is 27.2. The zero-order chi connectivity index (χ0) is 25.8. The van der Waals surface area contributed by atoms with E-state index in [1.54, 1.807) is 23.8 Å². The number of carbonyl (C=O) groups excluding carboxylic acids is 1. The number of nitrogens with one attached hydrogen (secondary N) is 1. The molecule has 2 heterocycles. The third kappa shape index (κ3) is 5.76. The van der Waals surface area contributed by atoms with Gasteiger partial charge in [-0.1, -0.05) is 78.0 Å². The number of nitrogens with zero attached hydrogens (tertiary/aromatic N) is 2. The summed E-state index contributed by atoms with van der Waals surface area (Å²) in [7, 11) is 1.58. The number of hydrogen-bond donors (Lipinski definition) is 1. The summed E-state index contributed by atoms with van der Waals surface area (Å²) in [6.07, 6.45) is 0. The van der Waals surface area contributed by atoms with Crippen LogP contribution in [0, 0.1) is 6.92 Å². The van der Waals surface area contributed by atoms with E-state index in [4.69, 9.17) is 9.72 Å². The molecule has 6 nitrogen and oxygen atoms in total. The van der Waals surface area contributed by atoms with E-state index in [0.717, 1.165) is 16.0 Å². The van der Waals surface area contributed by atoms with Crippen molar-refractivity contribution in [3.05, 3.63) is 106 Å². The Kier molecular flexibility index (Phi) is 7.39. The summed E-state index contributed by atoms with van der Waals surface area (Å²) >= 11 is 2.70. The van der Waals surface area contributed by atoms with E-state index in [2.05, 4.69) is 29.6 Å². The minimum absolute atomic E-state index is 0.104. The molecule has 3 aromatic carbocycles. The Balaban J connectivity index is 1.46. The molecule has 5 rings (SSSR count). The van der Waals surface area contributed by atoms with Crippen LogP contribution in [0.15, 0.2) is 94.9 Å². The van der Waals surface area contributed by atoms with E-state index in [-0.39, 0.29) is 17.2 Å². The van der Waals surface area contributed by atoms with Crippen LogP contribution < -0.4 is 15.6 Å². The predicted octanol–water partition coefficient (Wildman–Crippen LogP) is 6.22. The molecule has 0 fully saturated rings. The van der Waals surface area contributed by atoms with Gasteiger partial charge in [-0.2, -0.15) is 0 Å². The first-order chi connectivity index (χ1) is 18.0. The van der Waals surface area contributed by atoms with Crippen LogP contribution in [0.4, 0.5) is 5.69 Å². The quantitative estimate of drug-likeness (QED) is 0.192. The van der Waals surface area contributed by atoms with Crippen molar-refractivity contribution in [3.8, 4) is 16.2 Å². The summed E-state index contributed by atoms with van der Waals surface area (Å²) in [4.78, 5) is 32.2. The topological polar surface area (TPSA) is 73.2 Å². The summed E-state index contributed by atoms with van der Waals surface area (Å²) in [6.45, 7) is 2.42. The lowest BCUT2D eigenvalue weighted by Gasteiger charge is -2.12.